The van der Waals surface area contributed by atoms with Crippen molar-refractivity contribution in [2.24, 2.45) is 5.92 Å². The quantitative estimate of drug-likeness (QED) is 0.654. The molecule has 1 aliphatic heterocycles. The molecule has 1 aromatic heterocycles. The molecule has 0 saturated carbocycles. The van der Waals surface area contributed by atoms with Crippen LogP contribution in [-0.2, 0) is 11.2 Å². The molecule has 0 atom stereocenters. The largest absolute Gasteiger partial charge is 0.497 e. The van der Waals surface area contributed by atoms with E-state index in [4.69, 9.17) is 9.15 Å². The van der Waals surface area contributed by atoms with Crippen LogP contribution in [0, 0.1) is 5.92 Å². The number of benzene rings is 1. The molecule has 0 radical (unpaired) electrons. The van der Waals surface area contributed by atoms with Crippen molar-refractivity contribution in [3.05, 3.63) is 54.0 Å². The SMILES string of the molecule is COc1ccc(CCC2CCN(C(=O)CCCNC(=O)c3ccco3)CC2)cc1. The average Bonchev–Trinajstić information content (AvgIpc) is 3.31. The van der Waals surface area contributed by atoms with Crippen LogP contribution in [0.15, 0.2) is 47.1 Å². The molecule has 1 aromatic carbocycles. The summed E-state index contributed by atoms with van der Waals surface area (Å²) in [5.74, 6) is 1.81. The van der Waals surface area contributed by atoms with Gasteiger partial charge >= 0.3 is 0 Å². The fourth-order valence-corrected chi connectivity index (χ4v) is 3.73. The zero-order valence-electron chi connectivity index (χ0n) is 17.1. The molecular formula is C23H30N2O4. The molecular weight excluding hydrogens is 368 g/mol. The highest BCUT2D eigenvalue weighted by molar-refractivity contribution is 5.91. The first-order chi connectivity index (χ1) is 14.2. The molecule has 2 aromatic rings. The van der Waals surface area contributed by atoms with Crippen molar-refractivity contribution in [3.63, 3.8) is 0 Å². The minimum Gasteiger partial charge on any atom is -0.497 e. The minimum absolute atomic E-state index is 0.186. The summed E-state index contributed by atoms with van der Waals surface area (Å²) in [7, 11) is 1.68. The van der Waals surface area contributed by atoms with Gasteiger partial charge < -0.3 is 19.4 Å². The Kier molecular flexibility index (Phi) is 7.73. The summed E-state index contributed by atoms with van der Waals surface area (Å²) < 4.78 is 10.2. The van der Waals surface area contributed by atoms with Gasteiger partial charge in [0.25, 0.3) is 5.91 Å². The number of methoxy groups -OCH3 is 1. The van der Waals surface area contributed by atoms with Gasteiger partial charge in [0.1, 0.15) is 5.75 Å². The molecule has 1 aliphatic rings. The van der Waals surface area contributed by atoms with Crippen LogP contribution >= 0.6 is 0 Å². The summed E-state index contributed by atoms with van der Waals surface area (Å²) in [6, 6.07) is 11.6. The van der Waals surface area contributed by atoms with Crippen LogP contribution in [0.1, 0.15) is 48.2 Å². The van der Waals surface area contributed by atoms with Crippen LogP contribution < -0.4 is 10.1 Å². The second-order valence-corrected chi connectivity index (χ2v) is 7.55. The lowest BCUT2D eigenvalue weighted by Crippen LogP contribution is -2.38. The molecule has 2 heterocycles. The number of ether oxygens (including phenoxy) is 1. The minimum atomic E-state index is -0.236. The highest BCUT2D eigenvalue weighted by Crippen LogP contribution is 2.23. The predicted octanol–water partition coefficient (Wildman–Crippen LogP) is 3.67. The van der Waals surface area contributed by atoms with E-state index in [9.17, 15) is 9.59 Å². The van der Waals surface area contributed by atoms with Gasteiger partial charge in [-0.15, -0.1) is 0 Å². The number of likely N-dealkylation sites (tertiary alicyclic amines) is 1. The molecule has 1 fully saturated rings. The Morgan fingerprint density at radius 1 is 1.17 bits per heavy atom. The van der Waals surface area contributed by atoms with E-state index in [0.717, 1.165) is 44.5 Å². The normalized spacial score (nSPS) is 14.6. The molecule has 0 bridgehead atoms. The first-order valence-electron chi connectivity index (χ1n) is 10.4. The summed E-state index contributed by atoms with van der Waals surface area (Å²) >= 11 is 0. The van der Waals surface area contributed by atoms with Crippen molar-refractivity contribution in [2.75, 3.05) is 26.7 Å². The van der Waals surface area contributed by atoms with E-state index >= 15 is 0 Å². The zero-order valence-corrected chi connectivity index (χ0v) is 17.1. The van der Waals surface area contributed by atoms with Crippen LogP contribution in [0.2, 0.25) is 0 Å². The molecule has 6 nitrogen and oxygen atoms in total. The van der Waals surface area contributed by atoms with Crippen LogP contribution in [-0.4, -0.2) is 43.5 Å². The van der Waals surface area contributed by atoms with E-state index in [1.54, 1.807) is 19.2 Å². The van der Waals surface area contributed by atoms with Crippen molar-refractivity contribution in [1.82, 2.24) is 10.2 Å². The second-order valence-electron chi connectivity index (χ2n) is 7.55. The molecule has 0 unspecified atom stereocenters. The fraction of sp³-hybridized carbons (Fsp3) is 0.478. The van der Waals surface area contributed by atoms with Crippen LogP contribution in [0.25, 0.3) is 0 Å². The molecule has 29 heavy (non-hydrogen) atoms. The number of hydrogen-bond donors (Lipinski definition) is 1. The average molecular weight is 399 g/mol. The Morgan fingerprint density at radius 3 is 2.59 bits per heavy atom. The monoisotopic (exact) mass is 398 g/mol. The Bertz CT molecular complexity index is 763. The van der Waals surface area contributed by atoms with E-state index in [2.05, 4.69) is 17.4 Å². The Morgan fingerprint density at radius 2 is 1.93 bits per heavy atom. The number of nitrogens with one attached hydrogen (secondary N) is 1. The summed E-state index contributed by atoms with van der Waals surface area (Å²) in [6.07, 6.45) is 6.94. The predicted molar refractivity (Wildman–Crippen MR) is 111 cm³/mol. The third-order valence-corrected chi connectivity index (χ3v) is 5.57. The number of aryl methyl sites for hydroxylation is 1. The van der Waals surface area contributed by atoms with Gasteiger partial charge in [-0.3, -0.25) is 9.59 Å². The topological polar surface area (TPSA) is 71.8 Å². The number of hydrogen-bond acceptors (Lipinski definition) is 4. The molecule has 3 rings (SSSR count). The zero-order chi connectivity index (χ0) is 20.5. The van der Waals surface area contributed by atoms with Gasteiger partial charge in [-0.05, 0) is 67.9 Å². The summed E-state index contributed by atoms with van der Waals surface area (Å²) in [4.78, 5) is 26.1. The van der Waals surface area contributed by atoms with Crippen LogP contribution in [0.4, 0.5) is 0 Å². The lowest BCUT2D eigenvalue weighted by molar-refractivity contribution is -0.132. The first-order valence-corrected chi connectivity index (χ1v) is 10.4. The third-order valence-electron chi connectivity index (χ3n) is 5.57. The van der Waals surface area contributed by atoms with Gasteiger partial charge in [0, 0.05) is 26.1 Å². The van der Waals surface area contributed by atoms with Gasteiger partial charge in [0.05, 0.1) is 13.4 Å². The number of carbonyl (C=O) groups is 2. The van der Waals surface area contributed by atoms with Gasteiger partial charge in [0.15, 0.2) is 5.76 Å². The lowest BCUT2D eigenvalue weighted by Gasteiger charge is -2.32. The van der Waals surface area contributed by atoms with Gasteiger partial charge in [0.2, 0.25) is 5.91 Å². The van der Waals surface area contributed by atoms with Gasteiger partial charge in [-0.2, -0.15) is 0 Å². The highest BCUT2D eigenvalue weighted by atomic mass is 16.5. The highest BCUT2D eigenvalue weighted by Gasteiger charge is 2.22. The Hall–Kier alpha value is -2.76. The molecule has 1 N–H and O–H groups in total. The number of rotatable bonds is 9. The smallest absolute Gasteiger partial charge is 0.286 e. The lowest BCUT2D eigenvalue weighted by atomic mass is 9.90. The van der Waals surface area contributed by atoms with Crippen molar-refractivity contribution < 1.29 is 18.7 Å². The molecule has 0 aliphatic carbocycles. The molecule has 6 heteroatoms. The Labute approximate surface area is 172 Å². The summed E-state index contributed by atoms with van der Waals surface area (Å²) in [6.45, 7) is 2.15. The molecule has 1 saturated heterocycles. The summed E-state index contributed by atoms with van der Waals surface area (Å²) in [5, 5.41) is 2.78. The first kappa shape index (κ1) is 21.0. The fourth-order valence-electron chi connectivity index (χ4n) is 3.73. The van der Waals surface area contributed by atoms with Crippen LogP contribution in [0.5, 0.6) is 5.75 Å². The maximum absolute atomic E-state index is 12.4. The number of piperidine rings is 1. The van der Waals surface area contributed by atoms with Crippen molar-refractivity contribution in [2.45, 2.75) is 38.5 Å². The van der Waals surface area contributed by atoms with E-state index in [1.165, 1.54) is 11.8 Å². The number of nitrogens with zero attached hydrogens (tertiary/aromatic N) is 1. The second kappa shape index (κ2) is 10.7. The van der Waals surface area contributed by atoms with Crippen molar-refractivity contribution >= 4 is 11.8 Å². The maximum atomic E-state index is 12.4. The van der Waals surface area contributed by atoms with E-state index in [-0.39, 0.29) is 11.8 Å². The van der Waals surface area contributed by atoms with E-state index in [0.29, 0.717) is 31.1 Å². The van der Waals surface area contributed by atoms with Crippen LogP contribution in [0.3, 0.4) is 0 Å². The number of amides is 2. The Balaban J connectivity index is 1.29. The molecule has 0 spiro atoms. The van der Waals surface area contributed by atoms with E-state index in [1.807, 2.05) is 17.0 Å². The number of carbonyl (C=O) groups excluding carboxylic acids is 2. The van der Waals surface area contributed by atoms with E-state index < -0.39 is 0 Å². The number of furan rings is 1. The molecule has 2 amide bonds. The van der Waals surface area contributed by atoms with Crippen molar-refractivity contribution in [3.8, 4) is 5.75 Å². The van der Waals surface area contributed by atoms with Gasteiger partial charge in [-0.1, -0.05) is 12.1 Å². The summed E-state index contributed by atoms with van der Waals surface area (Å²) in [5.41, 5.74) is 1.33. The maximum Gasteiger partial charge on any atom is 0.286 e. The molecule has 156 valence electrons. The van der Waals surface area contributed by atoms with Gasteiger partial charge in [-0.25, -0.2) is 0 Å². The van der Waals surface area contributed by atoms with Crippen molar-refractivity contribution in [1.29, 1.82) is 0 Å². The third kappa shape index (κ3) is 6.38. The standard InChI is InChI=1S/C23H30N2O4/c1-28-20-10-8-18(9-11-20)6-7-19-12-15-25(16-13-19)22(26)5-2-14-24-23(27)21-4-3-17-29-21/h3-4,8-11,17,19H,2,5-7,12-16H2,1H3,(H,24,27).